The number of halogens is 1. The Labute approximate surface area is 105 Å². The maximum Gasteiger partial charge on any atom is 0.197 e. The summed E-state index contributed by atoms with van der Waals surface area (Å²) in [4.78, 5) is 8.87. The first kappa shape index (κ1) is 10.8. The molecule has 1 aliphatic carbocycles. The second-order valence-electron chi connectivity index (χ2n) is 4.24. The summed E-state index contributed by atoms with van der Waals surface area (Å²) in [6.45, 7) is 2.05. The van der Waals surface area contributed by atoms with Crippen LogP contribution in [0.1, 0.15) is 30.4 Å². The van der Waals surface area contributed by atoms with Gasteiger partial charge in [-0.05, 0) is 31.4 Å². The molecule has 0 atom stereocenters. The van der Waals surface area contributed by atoms with E-state index < -0.39 is 0 Å². The van der Waals surface area contributed by atoms with Crippen LogP contribution in [0.3, 0.4) is 0 Å². The fourth-order valence-corrected chi connectivity index (χ4v) is 2.47. The van der Waals surface area contributed by atoms with E-state index in [0.29, 0.717) is 16.7 Å². The summed E-state index contributed by atoms with van der Waals surface area (Å²) in [6, 6.07) is 3.87. The number of hydrogen-bond acceptors (Lipinski definition) is 3. The Hall–Kier alpha value is -1.35. The van der Waals surface area contributed by atoms with Gasteiger partial charge in [0.25, 0.3) is 0 Å². The van der Waals surface area contributed by atoms with Gasteiger partial charge in [0.2, 0.25) is 0 Å². The van der Waals surface area contributed by atoms with Gasteiger partial charge in [0.1, 0.15) is 10.9 Å². The van der Waals surface area contributed by atoms with Crippen LogP contribution in [-0.2, 0) is 19.3 Å². The lowest BCUT2D eigenvalue weighted by Gasteiger charge is -2.03. The molecule has 0 radical (unpaired) electrons. The third-order valence-electron chi connectivity index (χ3n) is 3.11. The van der Waals surface area contributed by atoms with Gasteiger partial charge in [0, 0.05) is 17.7 Å². The number of nitrogens with zero attached hydrogens (tertiary/aromatic N) is 2. The van der Waals surface area contributed by atoms with Crippen LogP contribution in [0.15, 0.2) is 16.5 Å². The van der Waals surface area contributed by atoms with Gasteiger partial charge in [-0.1, -0.05) is 18.5 Å². The second kappa shape index (κ2) is 4.15. The molecular weight excluding hydrogens is 236 g/mol. The van der Waals surface area contributed by atoms with Crippen molar-refractivity contribution in [1.82, 2.24) is 9.97 Å². The summed E-state index contributed by atoms with van der Waals surface area (Å²) in [5.74, 6) is 2.26. The monoisotopic (exact) mass is 248 g/mol. The highest BCUT2D eigenvalue weighted by Gasteiger charge is 2.19. The molecule has 0 unspecified atom stereocenters. The highest BCUT2D eigenvalue weighted by Crippen LogP contribution is 2.29. The third-order valence-corrected chi connectivity index (χ3v) is 3.43. The zero-order chi connectivity index (χ0) is 11.8. The van der Waals surface area contributed by atoms with Crippen LogP contribution >= 0.6 is 11.6 Å². The van der Waals surface area contributed by atoms with Gasteiger partial charge < -0.3 is 4.42 Å². The standard InChI is InChI=1S/C13H13ClN2O/c1-2-8-6-7-11(17-8)13-15-10-5-3-4-9(10)12(14)16-13/h6-7H,2-5H2,1H3. The van der Waals surface area contributed by atoms with E-state index in [1.54, 1.807) is 0 Å². The van der Waals surface area contributed by atoms with Gasteiger partial charge in [-0.3, -0.25) is 0 Å². The molecule has 2 heterocycles. The average molecular weight is 249 g/mol. The molecule has 0 saturated heterocycles. The third kappa shape index (κ3) is 1.84. The molecule has 2 aromatic heterocycles. The molecule has 0 spiro atoms. The SMILES string of the molecule is CCc1ccc(-c2nc(Cl)c3c(n2)CCC3)o1. The van der Waals surface area contributed by atoms with Crippen molar-refractivity contribution in [1.29, 1.82) is 0 Å². The molecule has 0 N–H and O–H groups in total. The lowest BCUT2D eigenvalue weighted by atomic mass is 10.2. The van der Waals surface area contributed by atoms with E-state index >= 15 is 0 Å². The lowest BCUT2D eigenvalue weighted by Crippen LogP contribution is -1.96. The first-order valence-electron chi connectivity index (χ1n) is 5.92. The van der Waals surface area contributed by atoms with Crippen molar-refractivity contribution in [3.63, 3.8) is 0 Å². The maximum atomic E-state index is 6.17. The average Bonchev–Trinajstić information content (AvgIpc) is 2.97. The van der Waals surface area contributed by atoms with Crippen molar-refractivity contribution >= 4 is 11.6 Å². The highest BCUT2D eigenvalue weighted by atomic mass is 35.5. The molecule has 88 valence electrons. The van der Waals surface area contributed by atoms with E-state index in [1.807, 2.05) is 12.1 Å². The Morgan fingerprint density at radius 1 is 1.29 bits per heavy atom. The zero-order valence-electron chi connectivity index (χ0n) is 9.66. The van der Waals surface area contributed by atoms with Crippen molar-refractivity contribution in [3.05, 3.63) is 34.3 Å². The van der Waals surface area contributed by atoms with Crippen molar-refractivity contribution in [2.45, 2.75) is 32.6 Å². The second-order valence-corrected chi connectivity index (χ2v) is 4.59. The van der Waals surface area contributed by atoms with E-state index in [4.69, 9.17) is 16.0 Å². The molecule has 1 aliphatic rings. The zero-order valence-corrected chi connectivity index (χ0v) is 10.4. The van der Waals surface area contributed by atoms with Gasteiger partial charge >= 0.3 is 0 Å². The normalized spacial score (nSPS) is 14.0. The van der Waals surface area contributed by atoms with Crippen molar-refractivity contribution in [2.75, 3.05) is 0 Å². The van der Waals surface area contributed by atoms with Crippen LogP contribution in [0.2, 0.25) is 5.15 Å². The van der Waals surface area contributed by atoms with Crippen LogP contribution in [0.5, 0.6) is 0 Å². The fourth-order valence-electron chi connectivity index (χ4n) is 2.18. The molecule has 0 fully saturated rings. The van der Waals surface area contributed by atoms with Gasteiger partial charge in [-0.15, -0.1) is 0 Å². The first-order valence-corrected chi connectivity index (χ1v) is 6.30. The smallest absolute Gasteiger partial charge is 0.197 e. The van der Waals surface area contributed by atoms with Gasteiger partial charge in [-0.25, -0.2) is 9.97 Å². The molecule has 2 aromatic rings. The van der Waals surface area contributed by atoms with E-state index in [2.05, 4.69) is 16.9 Å². The molecule has 0 aliphatic heterocycles. The minimum absolute atomic E-state index is 0.581. The number of aryl methyl sites for hydroxylation is 2. The predicted molar refractivity (Wildman–Crippen MR) is 66.1 cm³/mol. The number of aromatic nitrogens is 2. The van der Waals surface area contributed by atoms with E-state index in [-0.39, 0.29) is 0 Å². The molecular formula is C13H13ClN2O. The Morgan fingerprint density at radius 2 is 2.18 bits per heavy atom. The highest BCUT2D eigenvalue weighted by molar-refractivity contribution is 6.30. The minimum atomic E-state index is 0.581. The van der Waals surface area contributed by atoms with E-state index in [0.717, 1.165) is 42.7 Å². The molecule has 0 bridgehead atoms. The quantitative estimate of drug-likeness (QED) is 0.765. The van der Waals surface area contributed by atoms with Crippen molar-refractivity contribution in [3.8, 4) is 11.6 Å². The maximum absolute atomic E-state index is 6.17. The fraction of sp³-hybridized carbons (Fsp3) is 0.385. The van der Waals surface area contributed by atoms with Crippen molar-refractivity contribution in [2.24, 2.45) is 0 Å². The van der Waals surface area contributed by atoms with Crippen LogP contribution in [0, 0.1) is 0 Å². The van der Waals surface area contributed by atoms with Gasteiger partial charge in [0.15, 0.2) is 11.6 Å². The molecule has 0 aromatic carbocycles. The molecule has 0 saturated carbocycles. The van der Waals surface area contributed by atoms with Crippen LogP contribution in [-0.4, -0.2) is 9.97 Å². The Morgan fingerprint density at radius 3 is 2.94 bits per heavy atom. The summed E-state index contributed by atoms with van der Waals surface area (Å²) >= 11 is 6.17. The molecule has 3 rings (SSSR count). The molecule has 17 heavy (non-hydrogen) atoms. The van der Waals surface area contributed by atoms with Gasteiger partial charge in [0.05, 0.1) is 0 Å². The van der Waals surface area contributed by atoms with E-state index in [1.165, 1.54) is 0 Å². The summed E-state index contributed by atoms with van der Waals surface area (Å²) in [6.07, 6.45) is 3.98. The Kier molecular flexibility index (Phi) is 2.63. The molecule has 3 nitrogen and oxygen atoms in total. The summed E-state index contributed by atoms with van der Waals surface area (Å²) in [5.41, 5.74) is 2.19. The number of hydrogen-bond donors (Lipinski definition) is 0. The topological polar surface area (TPSA) is 38.9 Å². The molecule has 4 heteroatoms. The number of furan rings is 1. The predicted octanol–water partition coefficient (Wildman–Crippen LogP) is 3.44. The first-order chi connectivity index (χ1) is 8.28. The van der Waals surface area contributed by atoms with Crippen LogP contribution in [0.4, 0.5) is 0 Å². The largest absolute Gasteiger partial charge is 0.458 e. The minimum Gasteiger partial charge on any atom is -0.458 e. The van der Waals surface area contributed by atoms with E-state index in [9.17, 15) is 0 Å². The number of rotatable bonds is 2. The summed E-state index contributed by atoms with van der Waals surface area (Å²) < 4.78 is 5.65. The number of fused-ring (bicyclic) bond motifs is 1. The van der Waals surface area contributed by atoms with Crippen LogP contribution < -0.4 is 0 Å². The lowest BCUT2D eigenvalue weighted by molar-refractivity contribution is 0.525. The summed E-state index contributed by atoms with van der Waals surface area (Å²) in [7, 11) is 0. The van der Waals surface area contributed by atoms with Crippen molar-refractivity contribution < 1.29 is 4.42 Å². The van der Waals surface area contributed by atoms with Crippen LogP contribution in [0.25, 0.3) is 11.6 Å². The molecule has 0 amide bonds. The summed E-state index contributed by atoms with van der Waals surface area (Å²) in [5, 5.41) is 0.581. The Bertz CT molecular complexity index is 563. The Balaban J connectivity index is 2.06. The van der Waals surface area contributed by atoms with Gasteiger partial charge in [-0.2, -0.15) is 0 Å².